The van der Waals surface area contributed by atoms with Crippen molar-refractivity contribution >= 4 is 11.8 Å². The highest BCUT2D eigenvalue weighted by Gasteiger charge is 2.32. The maximum absolute atomic E-state index is 12.5. The Bertz CT molecular complexity index is 328. The smallest absolute Gasteiger partial charge is 0.245 e. The lowest BCUT2D eigenvalue weighted by atomic mass is 9.93. The minimum Gasteiger partial charge on any atom is -0.378 e. The third-order valence-corrected chi connectivity index (χ3v) is 3.22. The fraction of sp³-hybridized carbons (Fsp3) is 0.857. The molecule has 2 amide bonds. The molecule has 1 atom stereocenters. The van der Waals surface area contributed by atoms with Crippen molar-refractivity contribution in [2.45, 2.75) is 40.7 Å². The van der Waals surface area contributed by atoms with Crippen LogP contribution in [-0.2, 0) is 14.3 Å². The average Bonchev–Trinajstić information content (AvgIpc) is 2.34. The number of nitrogens with zero attached hydrogens (tertiary/aromatic N) is 1. The van der Waals surface area contributed by atoms with Crippen LogP contribution >= 0.6 is 0 Å². The normalized spacial score (nSPS) is 18.3. The van der Waals surface area contributed by atoms with E-state index in [1.807, 2.05) is 34.6 Å². The quantitative estimate of drug-likeness (QED) is 0.833. The molecule has 0 bridgehead atoms. The Morgan fingerprint density at radius 2 is 1.68 bits per heavy atom. The summed E-state index contributed by atoms with van der Waals surface area (Å²) >= 11 is 0. The van der Waals surface area contributed by atoms with Crippen molar-refractivity contribution in [1.82, 2.24) is 10.2 Å². The first-order chi connectivity index (χ1) is 8.73. The summed E-state index contributed by atoms with van der Waals surface area (Å²) in [6.07, 6.45) is 0. The molecule has 0 saturated carbocycles. The summed E-state index contributed by atoms with van der Waals surface area (Å²) in [5.74, 6) is -0.0228. The van der Waals surface area contributed by atoms with E-state index in [1.54, 1.807) is 4.90 Å². The van der Waals surface area contributed by atoms with Gasteiger partial charge in [-0.2, -0.15) is 0 Å². The highest BCUT2D eigenvalue weighted by atomic mass is 16.5. The maximum Gasteiger partial charge on any atom is 0.245 e. The number of carbonyl (C=O) groups excluding carboxylic acids is 2. The molecule has 1 heterocycles. The third kappa shape index (κ3) is 4.49. The lowest BCUT2D eigenvalue weighted by Gasteiger charge is -2.33. The fourth-order valence-corrected chi connectivity index (χ4v) is 1.85. The minimum atomic E-state index is -0.488. The molecule has 1 aliphatic rings. The first-order valence-electron chi connectivity index (χ1n) is 6.91. The molecule has 5 heteroatoms. The zero-order valence-corrected chi connectivity index (χ0v) is 12.7. The average molecular weight is 270 g/mol. The summed E-state index contributed by atoms with van der Waals surface area (Å²) in [6.45, 7) is 11.8. The van der Waals surface area contributed by atoms with Gasteiger partial charge in [-0.05, 0) is 5.92 Å². The van der Waals surface area contributed by atoms with E-state index in [1.165, 1.54) is 0 Å². The number of amides is 2. The van der Waals surface area contributed by atoms with Crippen LogP contribution in [-0.4, -0.2) is 49.1 Å². The number of nitrogens with one attached hydrogen (secondary N) is 1. The molecule has 0 aromatic carbocycles. The van der Waals surface area contributed by atoms with Crippen molar-refractivity contribution in [1.29, 1.82) is 0 Å². The van der Waals surface area contributed by atoms with Crippen molar-refractivity contribution in [3.05, 3.63) is 0 Å². The van der Waals surface area contributed by atoms with Gasteiger partial charge < -0.3 is 15.0 Å². The van der Waals surface area contributed by atoms with Crippen molar-refractivity contribution in [3.8, 4) is 0 Å². The molecular weight excluding hydrogens is 244 g/mol. The summed E-state index contributed by atoms with van der Waals surface area (Å²) in [5, 5.41) is 2.88. The number of carbonyl (C=O) groups is 2. The van der Waals surface area contributed by atoms with Gasteiger partial charge >= 0.3 is 0 Å². The van der Waals surface area contributed by atoms with Gasteiger partial charge in [0.05, 0.1) is 13.2 Å². The number of hydrogen-bond donors (Lipinski definition) is 1. The lowest BCUT2D eigenvalue weighted by molar-refractivity contribution is -0.142. The summed E-state index contributed by atoms with van der Waals surface area (Å²) in [6, 6.07) is -0.454. The Balaban J connectivity index is 2.71. The molecule has 1 fully saturated rings. The molecule has 110 valence electrons. The number of ether oxygens (including phenoxy) is 1. The second-order valence-electron chi connectivity index (χ2n) is 6.38. The van der Waals surface area contributed by atoms with Crippen molar-refractivity contribution in [2.24, 2.45) is 11.3 Å². The minimum absolute atomic E-state index is 0.00380. The van der Waals surface area contributed by atoms with Crippen molar-refractivity contribution in [2.75, 3.05) is 26.3 Å². The number of rotatable bonds is 3. The second-order valence-corrected chi connectivity index (χ2v) is 6.38. The van der Waals surface area contributed by atoms with E-state index in [0.717, 1.165) is 0 Å². The van der Waals surface area contributed by atoms with Crippen LogP contribution < -0.4 is 5.32 Å². The van der Waals surface area contributed by atoms with Gasteiger partial charge in [0.15, 0.2) is 0 Å². The van der Waals surface area contributed by atoms with Gasteiger partial charge in [-0.1, -0.05) is 34.6 Å². The first kappa shape index (κ1) is 16.0. The monoisotopic (exact) mass is 270 g/mol. The molecule has 5 nitrogen and oxygen atoms in total. The molecule has 1 rings (SSSR count). The molecule has 0 aromatic rings. The Hall–Kier alpha value is -1.10. The largest absolute Gasteiger partial charge is 0.378 e. The first-order valence-corrected chi connectivity index (χ1v) is 6.91. The molecule has 1 aliphatic heterocycles. The van der Waals surface area contributed by atoms with Gasteiger partial charge in [0.25, 0.3) is 0 Å². The van der Waals surface area contributed by atoms with E-state index < -0.39 is 11.5 Å². The van der Waals surface area contributed by atoms with E-state index in [2.05, 4.69) is 5.32 Å². The van der Waals surface area contributed by atoms with Crippen LogP contribution in [0.4, 0.5) is 0 Å². The maximum atomic E-state index is 12.5. The third-order valence-electron chi connectivity index (χ3n) is 3.22. The van der Waals surface area contributed by atoms with Gasteiger partial charge in [0, 0.05) is 18.5 Å². The summed E-state index contributed by atoms with van der Waals surface area (Å²) in [5.41, 5.74) is -0.488. The number of morpholine rings is 1. The van der Waals surface area contributed by atoms with E-state index >= 15 is 0 Å². The molecular formula is C14H26N2O3. The van der Waals surface area contributed by atoms with Crippen LogP contribution in [0.1, 0.15) is 34.6 Å². The standard InChI is InChI=1S/C14H26N2O3/c1-10(2)11(15-13(18)14(3,4)5)12(17)16-6-8-19-9-7-16/h10-11H,6-9H2,1-5H3,(H,15,18)/t11-/m0/s1. The van der Waals surface area contributed by atoms with Gasteiger partial charge in [-0.3, -0.25) is 9.59 Å². The van der Waals surface area contributed by atoms with Crippen molar-refractivity contribution < 1.29 is 14.3 Å². The highest BCUT2D eigenvalue weighted by molar-refractivity contribution is 5.89. The Morgan fingerprint density at radius 3 is 2.11 bits per heavy atom. The van der Waals surface area contributed by atoms with Crippen LogP contribution in [0.15, 0.2) is 0 Å². The Morgan fingerprint density at radius 1 is 1.16 bits per heavy atom. The molecule has 0 unspecified atom stereocenters. The lowest BCUT2D eigenvalue weighted by Crippen LogP contribution is -2.55. The van der Waals surface area contributed by atoms with Crippen LogP contribution in [0.2, 0.25) is 0 Å². The van der Waals surface area contributed by atoms with Gasteiger partial charge in [-0.15, -0.1) is 0 Å². The fourth-order valence-electron chi connectivity index (χ4n) is 1.85. The molecule has 0 radical (unpaired) electrons. The summed E-state index contributed by atoms with van der Waals surface area (Å²) in [4.78, 5) is 26.3. The van der Waals surface area contributed by atoms with Gasteiger partial charge in [0.2, 0.25) is 11.8 Å². The predicted octanol–water partition coefficient (Wildman–Crippen LogP) is 1.03. The second kappa shape index (κ2) is 6.37. The van der Waals surface area contributed by atoms with Crippen LogP contribution in [0.5, 0.6) is 0 Å². The molecule has 0 spiro atoms. The molecule has 0 aliphatic carbocycles. The molecule has 19 heavy (non-hydrogen) atoms. The SMILES string of the molecule is CC(C)[C@H](NC(=O)C(C)(C)C)C(=O)N1CCOCC1. The molecule has 1 N–H and O–H groups in total. The van der Waals surface area contributed by atoms with Crippen LogP contribution in [0, 0.1) is 11.3 Å². The highest BCUT2D eigenvalue weighted by Crippen LogP contribution is 2.15. The van der Waals surface area contributed by atoms with E-state index in [4.69, 9.17) is 4.74 Å². The van der Waals surface area contributed by atoms with Crippen LogP contribution in [0.3, 0.4) is 0 Å². The molecule has 0 aromatic heterocycles. The Labute approximate surface area is 115 Å². The van der Waals surface area contributed by atoms with E-state index in [-0.39, 0.29) is 17.7 Å². The van der Waals surface area contributed by atoms with E-state index in [0.29, 0.717) is 26.3 Å². The molecule has 1 saturated heterocycles. The predicted molar refractivity (Wildman–Crippen MR) is 73.6 cm³/mol. The zero-order valence-electron chi connectivity index (χ0n) is 12.7. The topological polar surface area (TPSA) is 58.6 Å². The van der Waals surface area contributed by atoms with Crippen molar-refractivity contribution in [3.63, 3.8) is 0 Å². The summed E-state index contributed by atoms with van der Waals surface area (Å²) in [7, 11) is 0. The number of hydrogen-bond acceptors (Lipinski definition) is 3. The van der Waals surface area contributed by atoms with Gasteiger partial charge in [-0.25, -0.2) is 0 Å². The van der Waals surface area contributed by atoms with Crippen LogP contribution in [0.25, 0.3) is 0 Å². The van der Waals surface area contributed by atoms with Gasteiger partial charge in [0.1, 0.15) is 6.04 Å². The summed E-state index contributed by atoms with van der Waals surface area (Å²) < 4.78 is 5.24. The van der Waals surface area contributed by atoms with E-state index in [9.17, 15) is 9.59 Å². The zero-order chi connectivity index (χ0) is 14.6. The Kier molecular flexibility index (Phi) is 5.35.